The Morgan fingerprint density at radius 3 is 1.87 bits per heavy atom. The standard InChI is InChI=1S/C10H11NO.C9H10O2/c1-8(10(11)12)7-9-5-3-2-4-6-9;1-8(10)11-7-9-5-3-2-4-6-9/h2-6H,1,7H2,(H2,11,12);2-6H,7H2,1H3. The predicted octanol–water partition coefficient (Wildman–Crippen LogP) is 3.02. The number of carbonyl (C=O) groups is 2. The van der Waals surface area contributed by atoms with Gasteiger partial charge in [0.1, 0.15) is 6.61 Å². The molecule has 2 aromatic rings. The molecule has 0 unspecified atom stereocenters. The van der Waals surface area contributed by atoms with E-state index in [1.165, 1.54) is 6.92 Å². The second-order valence-electron chi connectivity index (χ2n) is 4.90. The minimum Gasteiger partial charge on any atom is -0.461 e. The van der Waals surface area contributed by atoms with Gasteiger partial charge in [0.2, 0.25) is 5.91 Å². The van der Waals surface area contributed by atoms with Gasteiger partial charge in [-0.3, -0.25) is 9.59 Å². The number of hydrogen-bond acceptors (Lipinski definition) is 3. The average molecular weight is 311 g/mol. The third kappa shape index (κ3) is 8.21. The maximum atomic E-state index is 10.6. The molecule has 0 atom stereocenters. The minimum atomic E-state index is -0.432. The number of hydrogen-bond donors (Lipinski definition) is 1. The molecule has 0 aliphatic carbocycles. The van der Waals surface area contributed by atoms with Crippen LogP contribution in [0, 0.1) is 0 Å². The van der Waals surface area contributed by atoms with Crippen molar-refractivity contribution in [2.24, 2.45) is 5.73 Å². The van der Waals surface area contributed by atoms with E-state index >= 15 is 0 Å². The van der Waals surface area contributed by atoms with Gasteiger partial charge in [0.15, 0.2) is 0 Å². The highest BCUT2D eigenvalue weighted by Crippen LogP contribution is 2.04. The third-order valence-corrected chi connectivity index (χ3v) is 2.89. The molecule has 0 aliphatic heterocycles. The molecule has 2 aromatic carbocycles. The number of nitrogens with two attached hydrogens (primary N) is 1. The van der Waals surface area contributed by atoms with E-state index in [-0.39, 0.29) is 5.97 Å². The van der Waals surface area contributed by atoms with E-state index < -0.39 is 5.91 Å². The highest BCUT2D eigenvalue weighted by molar-refractivity contribution is 5.91. The van der Waals surface area contributed by atoms with Crippen molar-refractivity contribution in [1.29, 1.82) is 0 Å². The summed E-state index contributed by atoms with van der Waals surface area (Å²) in [5, 5.41) is 0. The van der Waals surface area contributed by atoms with Crippen LogP contribution in [0.2, 0.25) is 0 Å². The summed E-state index contributed by atoms with van der Waals surface area (Å²) < 4.78 is 4.79. The number of benzene rings is 2. The van der Waals surface area contributed by atoms with E-state index in [1.807, 2.05) is 60.7 Å². The molecule has 2 N–H and O–H groups in total. The average Bonchev–Trinajstić information content (AvgIpc) is 2.55. The van der Waals surface area contributed by atoms with E-state index in [9.17, 15) is 9.59 Å². The summed E-state index contributed by atoms with van der Waals surface area (Å²) in [4.78, 5) is 21.0. The topological polar surface area (TPSA) is 69.4 Å². The van der Waals surface area contributed by atoms with E-state index in [2.05, 4.69) is 6.58 Å². The lowest BCUT2D eigenvalue weighted by Crippen LogP contribution is -2.14. The second kappa shape index (κ2) is 9.95. The van der Waals surface area contributed by atoms with E-state index in [0.717, 1.165) is 11.1 Å². The van der Waals surface area contributed by atoms with Crippen LogP contribution in [0.4, 0.5) is 0 Å². The second-order valence-corrected chi connectivity index (χ2v) is 4.90. The molecule has 4 heteroatoms. The highest BCUT2D eigenvalue weighted by Gasteiger charge is 2.01. The molecule has 0 aliphatic rings. The Hall–Kier alpha value is -2.88. The highest BCUT2D eigenvalue weighted by atomic mass is 16.5. The Morgan fingerprint density at radius 1 is 0.957 bits per heavy atom. The molecule has 0 heterocycles. The largest absolute Gasteiger partial charge is 0.461 e. The summed E-state index contributed by atoms with van der Waals surface area (Å²) in [5.74, 6) is -0.673. The number of primary amides is 1. The Balaban J connectivity index is 0.000000231. The maximum Gasteiger partial charge on any atom is 0.302 e. The number of ether oxygens (including phenoxy) is 1. The summed E-state index contributed by atoms with van der Waals surface area (Å²) >= 11 is 0. The van der Waals surface area contributed by atoms with Gasteiger partial charge in [-0.05, 0) is 11.1 Å². The number of amides is 1. The van der Waals surface area contributed by atoms with Crippen LogP contribution >= 0.6 is 0 Å². The first-order valence-electron chi connectivity index (χ1n) is 7.18. The van der Waals surface area contributed by atoms with Crippen LogP contribution in [0.5, 0.6) is 0 Å². The van der Waals surface area contributed by atoms with Crippen LogP contribution < -0.4 is 5.73 Å². The van der Waals surface area contributed by atoms with Gasteiger partial charge in [0.25, 0.3) is 0 Å². The van der Waals surface area contributed by atoms with Crippen LogP contribution in [0.25, 0.3) is 0 Å². The van der Waals surface area contributed by atoms with Crippen LogP contribution in [-0.2, 0) is 27.4 Å². The lowest BCUT2D eigenvalue weighted by Gasteiger charge is -2.00. The molecular formula is C19H21NO3. The fraction of sp³-hybridized carbons (Fsp3) is 0.158. The van der Waals surface area contributed by atoms with Gasteiger partial charge in [-0.2, -0.15) is 0 Å². The first-order chi connectivity index (χ1) is 11.0. The Labute approximate surface area is 136 Å². The van der Waals surface area contributed by atoms with Gasteiger partial charge >= 0.3 is 5.97 Å². The molecule has 0 radical (unpaired) electrons. The zero-order valence-corrected chi connectivity index (χ0v) is 13.2. The number of rotatable bonds is 5. The van der Waals surface area contributed by atoms with E-state index in [0.29, 0.717) is 18.6 Å². The molecule has 1 amide bonds. The quantitative estimate of drug-likeness (QED) is 0.681. The van der Waals surface area contributed by atoms with Crippen LogP contribution in [0.3, 0.4) is 0 Å². The molecule has 0 saturated heterocycles. The van der Waals surface area contributed by atoms with E-state index in [4.69, 9.17) is 10.5 Å². The maximum absolute atomic E-state index is 10.6. The van der Waals surface area contributed by atoms with Crippen molar-refractivity contribution in [3.63, 3.8) is 0 Å². The zero-order valence-electron chi connectivity index (χ0n) is 13.2. The molecule has 120 valence electrons. The van der Waals surface area contributed by atoms with Crippen molar-refractivity contribution in [2.75, 3.05) is 0 Å². The Morgan fingerprint density at radius 2 is 1.43 bits per heavy atom. The van der Waals surface area contributed by atoms with Crippen molar-refractivity contribution in [2.45, 2.75) is 20.0 Å². The molecule has 0 bridgehead atoms. The van der Waals surface area contributed by atoms with Gasteiger partial charge in [-0.25, -0.2) is 0 Å². The zero-order chi connectivity index (χ0) is 17.1. The van der Waals surface area contributed by atoms with Crippen molar-refractivity contribution >= 4 is 11.9 Å². The molecule has 2 rings (SSSR count). The molecule has 0 aromatic heterocycles. The van der Waals surface area contributed by atoms with Crippen molar-refractivity contribution in [3.8, 4) is 0 Å². The molecule has 0 spiro atoms. The normalized spacial score (nSPS) is 9.26. The third-order valence-electron chi connectivity index (χ3n) is 2.89. The van der Waals surface area contributed by atoms with Crippen molar-refractivity contribution in [1.82, 2.24) is 0 Å². The summed E-state index contributed by atoms with van der Waals surface area (Å²) in [6.07, 6.45) is 0.538. The molecule has 0 fully saturated rings. The van der Waals surface area contributed by atoms with Gasteiger partial charge in [0, 0.05) is 18.9 Å². The lowest BCUT2D eigenvalue weighted by atomic mass is 10.1. The van der Waals surface area contributed by atoms with Gasteiger partial charge in [0.05, 0.1) is 0 Å². The SMILES string of the molecule is C=C(Cc1ccccc1)C(N)=O.CC(=O)OCc1ccccc1. The first kappa shape index (κ1) is 18.2. The lowest BCUT2D eigenvalue weighted by molar-refractivity contribution is -0.142. The smallest absolute Gasteiger partial charge is 0.302 e. The minimum absolute atomic E-state index is 0.242. The number of esters is 1. The van der Waals surface area contributed by atoms with Crippen molar-refractivity contribution in [3.05, 3.63) is 83.9 Å². The summed E-state index contributed by atoms with van der Waals surface area (Å²) in [5.41, 5.74) is 7.56. The summed E-state index contributed by atoms with van der Waals surface area (Å²) in [6, 6.07) is 19.2. The van der Waals surface area contributed by atoms with Crippen LogP contribution in [0.1, 0.15) is 18.1 Å². The van der Waals surface area contributed by atoms with Gasteiger partial charge in [-0.15, -0.1) is 0 Å². The Bertz CT molecular complexity index is 636. The molecule has 4 nitrogen and oxygen atoms in total. The Kier molecular flexibility index (Phi) is 7.86. The van der Waals surface area contributed by atoms with Crippen molar-refractivity contribution < 1.29 is 14.3 Å². The fourth-order valence-electron chi connectivity index (χ4n) is 1.69. The molecular weight excluding hydrogens is 290 g/mol. The van der Waals surface area contributed by atoms with Crippen LogP contribution in [0.15, 0.2) is 72.8 Å². The summed E-state index contributed by atoms with van der Waals surface area (Å²) in [7, 11) is 0. The first-order valence-corrected chi connectivity index (χ1v) is 7.18. The van der Waals surface area contributed by atoms with Crippen LogP contribution in [-0.4, -0.2) is 11.9 Å². The van der Waals surface area contributed by atoms with Gasteiger partial charge < -0.3 is 10.5 Å². The van der Waals surface area contributed by atoms with E-state index in [1.54, 1.807) is 0 Å². The monoisotopic (exact) mass is 311 g/mol. The molecule has 0 saturated carbocycles. The number of carbonyl (C=O) groups excluding carboxylic acids is 2. The predicted molar refractivity (Wildman–Crippen MR) is 90.4 cm³/mol. The molecule has 23 heavy (non-hydrogen) atoms. The fourth-order valence-corrected chi connectivity index (χ4v) is 1.69. The van der Waals surface area contributed by atoms with Gasteiger partial charge in [-0.1, -0.05) is 67.2 Å². The summed E-state index contributed by atoms with van der Waals surface area (Å²) in [6.45, 7) is 5.35.